The molecule has 0 bridgehead atoms. The zero-order valence-corrected chi connectivity index (χ0v) is 7.32. The maximum atomic E-state index is 11.4. The summed E-state index contributed by atoms with van der Waals surface area (Å²) >= 11 is 0. The van der Waals surface area contributed by atoms with E-state index in [1.807, 2.05) is 0 Å². The van der Waals surface area contributed by atoms with Gasteiger partial charge in [0, 0.05) is 13.1 Å². The molecular formula is C8H15NO3. The standard InChI is InChI=1S/C8H15NO3/c1-7(6-10)8(11)9-2-4-12-5-3-9/h7,10H,2-6H2,1H3. The normalized spacial score (nSPS) is 20.7. The summed E-state index contributed by atoms with van der Waals surface area (Å²) in [6.45, 7) is 4.20. The first-order valence-electron chi connectivity index (χ1n) is 4.23. The first-order valence-corrected chi connectivity index (χ1v) is 4.23. The highest BCUT2D eigenvalue weighted by atomic mass is 16.5. The maximum absolute atomic E-state index is 11.4. The van der Waals surface area contributed by atoms with Gasteiger partial charge in [0.15, 0.2) is 0 Å². The van der Waals surface area contributed by atoms with Crippen molar-refractivity contribution in [2.75, 3.05) is 32.9 Å². The van der Waals surface area contributed by atoms with Crippen molar-refractivity contribution in [1.82, 2.24) is 4.90 Å². The van der Waals surface area contributed by atoms with E-state index in [4.69, 9.17) is 9.84 Å². The van der Waals surface area contributed by atoms with Crippen LogP contribution in [0, 0.1) is 5.92 Å². The van der Waals surface area contributed by atoms with Gasteiger partial charge in [-0.05, 0) is 0 Å². The molecule has 1 heterocycles. The van der Waals surface area contributed by atoms with Gasteiger partial charge in [-0.3, -0.25) is 4.79 Å². The molecule has 0 saturated carbocycles. The van der Waals surface area contributed by atoms with Crippen LogP contribution in [0.15, 0.2) is 0 Å². The number of morpholine rings is 1. The van der Waals surface area contributed by atoms with Crippen molar-refractivity contribution < 1.29 is 14.6 Å². The topological polar surface area (TPSA) is 49.8 Å². The lowest BCUT2D eigenvalue weighted by atomic mass is 10.1. The molecule has 4 heteroatoms. The van der Waals surface area contributed by atoms with Gasteiger partial charge in [0.25, 0.3) is 0 Å². The van der Waals surface area contributed by atoms with E-state index < -0.39 is 0 Å². The number of ether oxygens (including phenoxy) is 1. The van der Waals surface area contributed by atoms with E-state index in [1.165, 1.54) is 0 Å². The van der Waals surface area contributed by atoms with Crippen molar-refractivity contribution in [2.45, 2.75) is 6.92 Å². The second-order valence-corrected chi connectivity index (χ2v) is 3.02. The molecule has 1 unspecified atom stereocenters. The van der Waals surface area contributed by atoms with Gasteiger partial charge >= 0.3 is 0 Å². The summed E-state index contributed by atoms with van der Waals surface area (Å²) in [6.07, 6.45) is 0. The van der Waals surface area contributed by atoms with Crippen LogP contribution >= 0.6 is 0 Å². The van der Waals surface area contributed by atoms with Crippen LogP contribution in [0.4, 0.5) is 0 Å². The third-order valence-electron chi connectivity index (χ3n) is 2.02. The molecule has 1 amide bonds. The van der Waals surface area contributed by atoms with Gasteiger partial charge in [0.2, 0.25) is 5.91 Å². The number of carbonyl (C=O) groups excluding carboxylic acids is 1. The third-order valence-corrected chi connectivity index (χ3v) is 2.02. The summed E-state index contributed by atoms with van der Waals surface area (Å²) in [5, 5.41) is 8.76. The number of hydrogen-bond donors (Lipinski definition) is 1. The van der Waals surface area contributed by atoms with Gasteiger partial charge in [-0.25, -0.2) is 0 Å². The average Bonchev–Trinajstić information content (AvgIpc) is 2.17. The summed E-state index contributed by atoms with van der Waals surface area (Å²) in [5.74, 6) is -0.246. The zero-order valence-electron chi connectivity index (χ0n) is 7.32. The Labute approximate surface area is 72.1 Å². The van der Waals surface area contributed by atoms with E-state index >= 15 is 0 Å². The molecule has 1 atom stereocenters. The largest absolute Gasteiger partial charge is 0.396 e. The van der Waals surface area contributed by atoms with E-state index in [0.717, 1.165) is 0 Å². The van der Waals surface area contributed by atoms with Gasteiger partial charge < -0.3 is 14.7 Å². The number of carbonyl (C=O) groups is 1. The number of amides is 1. The molecular weight excluding hydrogens is 158 g/mol. The number of nitrogens with zero attached hydrogens (tertiary/aromatic N) is 1. The smallest absolute Gasteiger partial charge is 0.227 e. The Bertz CT molecular complexity index is 154. The fraction of sp³-hybridized carbons (Fsp3) is 0.875. The SMILES string of the molecule is CC(CO)C(=O)N1CCOCC1. The van der Waals surface area contributed by atoms with Crippen molar-refractivity contribution >= 4 is 5.91 Å². The average molecular weight is 173 g/mol. The molecule has 12 heavy (non-hydrogen) atoms. The predicted octanol–water partition coefficient (Wildman–Crippen LogP) is -0.526. The molecule has 1 fully saturated rings. The van der Waals surface area contributed by atoms with Crippen molar-refractivity contribution in [2.24, 2.45) is 5.92 Å². The van der Waals surface area contributed by atoms with Crippen LogP contribution in [0.25, 0.3) is 0 Å². The van der Waals surface area contributed by atoms with Gasteiger partial charge in [-0.1, -0.05) is 6.92 Å². The van der Waals surface area contributed by atoms with E-state index in [1.54, 1.807) is 11.8 Å². The summed E-state index contributed by atoms with van der Waals surface area (Å²) in [4.78, 5) is 13.2. The molecule has 0 radical (unpaired) electrons. The van der Waals surface area contributed by atoms with Gasteiger partial charge in [0.1, 0.15) is 0 Å². The first kappa shape index (κ1) is 9.48. The summed E-state index contributed by atoms with van der Waals surface area (Å²) < 4.78 is 5.11. The first-order chi connectivity index (χ1) is 5.75. The van der Waals surface area contributed by atoms with Crippen LogP contribution in [-0.4, -0.2) is 48.8 Å². The van der Waals surface area contributed by atoms with Crippen molar-refractivity contribution in [1.29, 1.82) is 0 Å². The zero-order chi connectivity index (χ0) is 8.97. The lowest BCUT2D eigenvalue weighted by molar-refractivity contribution is -0.140. The third kappa shape index (κ3) is 2.19. The molecule has 0 spiro atoms. The fourth-order valence-electron chi connectivity index (χ4n) is 1.17. The van der Waals surface area contributed by atoms with E-state index in [-0.39, 0.29) is 18.4 Å². The molecule has 1 aliphatic rings. The number of aliphatic hydroxyl groups is 1. The number of hydrogen-bond acceptors (Lipinski definition) is 3. The molecule has 0 aliphatic carbocycles. The monoisotopic (exact) mass is 173 g/mol. The Hall–Kier alpha value is -0.610. The molecule has 0 aromatic carbocycles. The van der Waals surface area contributed by atoms with Crippen LogP contribution in [0.3, 0.4) is 0 Å². The molecule has 0 aromatic rings. The quantitative estimate of drug-likeness (QED) is 0.611. The molecule has 1 aliphatic heterocycles. The van der Waals surface area contributed by atoms with Gasteiger partial charge in [-0.2, -0.15) is 0 Å². The second kappa shape index (κ2) is 4.42. The van der Waals surface area contributed by atoms with Crippen LogP contribution in [0.2, 0.25) is 0 Å². The fourth-order valence-corrected chi connectivity index (χ4v) is 1.17. The highest BCUT2D eigenvalue weighted by Gasteiger charge is 2.21. The summed E-state index contributed by atoms with van der Waals surface area (Å²) in [5.41, 5.74) is 0. The number of aliphatic hydroxyl groups excluding tert-OH is 1. The Kier molecular flexibility index (Phi) is 3.49. The lowest BCUT2D eigenvalue weighted by Crippen LogP contribution is -2.43. The predicted molar refractivity (Wildman–Crippen MR) is 43.6 cm³/mol. The minimum atomic E-state index is -0.275. The van der Waals surface area contributed by atoms with E-state index in [2.05, 4.69) is 0 Å². The molecule has 1 saturated heterocycles. The Morgan fingerprint density at radius 1 is 1.58 bits per heavy atom. The second-order valence-electron chi connectivity index (χ2n) is 3.02. The minimum Gasteiger partial charge on any atom is -0.396 e. The Balaban J connectivity index is 2.39. The van der Waals surface area contributed by atoms with Crippen molar-refractivity contribution in [3.63, 3.8) is 0 Å². The highest BCUT2D eigenvalue weighted by Crippen LogP contribution is 2.04. The van der Waals surface area contributed by atoms with E-state index in [9.17, 15) is 4.79 Å². The van der Waals surface area contributed by atoms with Gasteiger partial charge in [0.05, 0.1) is 25.7 Å². The number of rotatable bonds is 2. The molecule has 1 rings (SSSR count). The van der Waals surface area contributed by atoms with Crippen LogP contribution in [-0.2, 0) is 9.53 Å². The lowest BCUT2D eigenvalue weighted by Gasteiger charge is -2.28. The maximum Gasteiger partial charge on any atom is 0.227 e. The van der Waals surface area contributed by atoms with Gasteiger partial charge in [-0.15, -0.1) is 0 Å². The van der Waals surface area contributed by atoms with Crippen molar-refractivity contribution in [3.05, 3.63) is 0 Å². The summed E-state index contributed by atoms with van der Waals surface area (Å²) in [7, 11) is 0. The molecule has 4 nitrogen and oxygen atoms in total. The van der Waals surface area contributed by atoms with Crippen molar-refractivity contribution in [3.8, 4) is 0 Å². The van der Waals surface area contributed by atoms with Crippen LogP contribution < -0.4 is 0 Å². The Morgan fingerprint density at radius 3 is 2.67 bits per heavy atom. The Morgan fingerprint density at radius 2 is 2.17 bits per heavy atom. The molecule has 1 N–H and O–H groups in total. The molecule has 0 aromatic heterocycles. The highest BCUT2D eigenvalue weighted by molar-refractivity contribution is 5.78. The molecule has 70 valence electrons. The van der Waals surface area contributed by atoms with E-state index in [0.29, 0.717) is 26.3 Å². The minimum absolute atomic E-state index is 0.0285. The van der Waals surface area contributed by atoms with Crippen LogP contribution in [0.1, 0.15) is 6.92 Å². The summed E-state index contributed by atoms with van der Waals surface area (Å²) in [6, 6.07) is 0. The van der Waals surface area contributed by atoms with Crippen LogP contribution in [0.5, 0.6) is 0 Å².